The molecule has 0 saturated carbocycles. The molecular weight excluding hydrogens is 923 g/mol. The summed E-state index contributed by atoms with van der Waals surface area (Å²) < 4.78 is 11.2. The lowest BCUT2D eigenvalue weighted by atomic mass is 9.99. The predicted octanol–water partition coefficient (Wildman–Crippen LogP) is 16.7. The zero-order chi connectivity index (χ0) is 53.6. The lowest BCUT2D eigenvalue weighted by Crippen LogP contribution is -2.60. The molecule has 0 radical (unpaired) electrons. The van der Waals surface area contributed by atoms with E-state index in [0.717, 1.165) is 51.4 Å². The molecule has 0 bridgehead atoms. The molecule has 9 nitrogen and oxygen atoms in total. The van der Waals surface area contributed by atoms with Gasteiger partial charge < -0.3 is 40.3 Å². The molecule has 1 aliphatic heterocycles. The van der Waals surface area contributed by atoms with Gasteiger partial charge in [0, 0.05) is 6.42 Å². The van der Waals surface area contributed by atoms with Gasteiger partial charge in [-0.2, -0.15) is 0 Å². The van der Waals surface area contributed by atoms with Gasteiger partial charge in [-0.05, 0) is 38.5 Å². The number of carbonyl (C=O) groups excluding carboxylic acids is 1. The van der Waals surface area contributed by atoms with Gasteiger partial charge in [0.1, 0.15) is 24.4 Å². The SMILES string of the molecule is CC/C=C/CC/C=C/CC/C=C/C(O)C(COC1OC(CO)C(O)C(O)C1O)NC(=O)CCCCCCCCCCCCCCCCCCCCCCCCCCCCCCCCCCCCCCCCCCC. The number of carbonyl (C=O) groups is 1. The first-order valence-electron chi connectivity index (χ1n) is 32.2. The second-order valence-electron chi connectivity index (χ2n) is 22.5. The van der Waals surface area contributed by atoms with E-state index in [9.17, 15) is 30.3 Å². The van der Waals surface area contributed by atoms with E-state index in [4.69, 9.17) is 9.47 Å². The van der Waals surface area contributed by atoms with Crippen LogP contribution in [0.25, 0.3) is 0 Å². The summed E-state index contributed by atoms with van der Waals surface area (Å²) in [7, 11) is 0. The number of ether oxygens (including phenoxy) is 2. The topological polar surface area (TPSA) is 149 Å². The van der Waals surface area contributed by atoms with Crippen molar-refractivity contribution in [2.45, 2.75) is 358 Å². The lowest BCUT2D eigenvalue weighted by Gasteiger charge is -2.40. The third-order valence-electron chi connectivity index (χ3n) is 15.5. The summed E-state index contributed by atoms with van der Waals surface area (Å²) in [6, 6.07) is -0.824. The number of unbranched alkanes of at least 4 members (excludes halogenated alkanes) is 42. The fraction of sp³-hybridized carbons (Fsp3) is 0.892. The van der Waals surface area contributed by atoms with E-state index >= 15 is 0 Å². The summed E-state index contributed by atoms with van der Waals surface area (Å²) in [5.41, 5.74) is 0. The van der Waals surface area contributed by atoms with Gasteiger partial charge in [0.05, 0.1) is 25.4 Å². The zero-order valence-corrected chi connectivity index (χ0v) is 48.6. The standard InChI is InChI=1S/C65H123NO8/c1-3-5-7-9-11-13-15-16-17-18-19-20-21-22-23-24-25-26-27-28-29-30-31-32-33-34-35-36-37-38-39-40-41-42-43-44-45-47-49-51-53-55-61(69)66-58(57-73-65-64(72)63(71)62(70)60(56-67)74-65)59(68)54-52-50-48-46-14-12-10-8-6-4-2/h6,8,14,46,52,54,58-60,62-65,67-68,70-72H,3-5,7,9-13,15-45,47-51,53,55-57H2,1-2H3,(H,66,69)/b8-6+,46-14+,54-52+. The van der Waals surface area contributed by atoms with Crippen molar-refractivity contribution in [3.8, 4) is 0 Å². The van der Waals surface area contributed by atoms with E-state index in [1.54, 1.807) is 6.08 Å². The minimum atomic E-state index is -1.57. The molecule has 0 aromatic rings. The van der Waals surface area contributed by atoms with Crippen LogP contribution in [0.4, 0.5) is 0 Å². The van der Waals surface area contributed by atoms with Gasteiger partial charge in [-0.1, -0.05) is 307 Å². The maximum atomic E-state index is 13.0. The molecule has 7 atom stereocenters. The van der Waals surface area contributed by atoms with Gasteiger partial charge in [-0.3, -0.25) is 4.79 Å². The number of allylic oxidation sites excluding steroid dienone is 5. The highest BCUT2D eigenvalue weighted by molar-refractivity contribution is 5.76. The molecule has 0 aromatic heterocycles. The van der Waals surface area contributed by atoms with E-state index in [0.29, 0.717) is 6.42 Å². The average molecular weight is 1050 g/mol. The van der Waals surface area contributed by atoms with Crippen molar-refractivity contribution in [1.29, 1.82) is 0 Å². The summed E-state index contributed by atoms with van der Waals surface area (Å²) in [5.74, 6) is -0.188. The van der Waals surface area contributed by atoms with Crippen LogP contribution in [0.5, 0.6) is 0 Å². The summed E-state index contributed by atoms with van der Waals surface area (Å²) in [4.78, 5) is 13.0. The smallest absolute Gasteiger partial charge is 0.220 e. The second-order valence-corrected chi connectivity index (χ2v) is 22.5. The summed E-state index contributed by atoms with van der Waals surface area (Å²) in [6.45, 7) is 3.65. The number of aliphatic hydroxyl groups excluding tert-OH is 5. The first-order chi connectivity index (χ1) is 36.3. The quantitative estimate of drug-likeness (QED) is 0.0261. The van der Waals surface area contributed by atoms with Crippen molar-refractivity contribution in [3.05, 3.63) is 36.5 Å². The van der Waals surface area contributed by atoms with Crippen LogP contribution >= 0.6 is 0 Å². The largest absolute Gasteiger partial charge is 0.394 e. The van der Waals surface area contributed by atoms with Gasteiger partial charge in [-0.25, -0.2) is 0 Å². The molecule has 0 aliphatic carbocycles. The molecule has 1 rings (SSSR count). The molecule has 9 heteroatoms. The molecule has 0 aromatic carbocycles. The van der Waals surface area contributed by atoms with E-state index in [2.05, 4.69) is 43.5 Å². The van der Waals surface area contributed by atoms with E-state index in [1.165, 1.54) is 244 Å². The molecule has 1 amide bonds. The highest BCUT2D eigenvalue weighted by Crippen LogP contribution is 2.23. The monoisotopic (exact) mass is 1050 g/mol. The Labute approximate surface area is 457 Å². The predicted molar refractivity (Wildman–Crippen MR) is 313 cm³/mol. The number of nitrogens with one attached hydrogen (secondary N) is 1. The van der Waals surface area contributed by atoms with Crippen LogP contribution in [0.1, 0.15) is 316 Å². The Kier molecular flexibility index (Phi) is 52.1. The Morgan fingerprint density at radius 3 is 1.12 bits per heavy atom. The van der Waals surface area contributed by atoms with Crippen molar-refractivity contribution >= 4 is 5.91 Å². The van der Waals surface area contributed by atoms with Crippen molar-refractivity contribution in [2.75, 3.05) is 13.2 Å². The number of amides is 1. The molecule has 436 valence electrons. The molecule has 6 N–H and O–H groups in total. The van der Waals surface area contributed by atoms with Crippen molar-refractivity contribution in [2.24, 2.45) is 0 Å². The van der Waals surface area contributed by atoms with Gasteiger partial charge in [0.15, 0.2) is 6.29 Å². The zero-order valence-electron chi connectivity index (χ0n) is 48.6. The van der Waals surface area contributed by atoms with Gasteiger partial charge in [-0.15, -0.1) is 0 Å². The maximum Gasteiger partial charge on any atom is 0.220 e. The molecule has 1 aliphatic rings. The van der Waals surface area contributed by atoms with Crippen LogP contribution in [0.15, 0.2) is 36.5 Å². The molecule has 1 saturated heterocycles. The molecular formula is C65H123NO8. The normalized spacial score (nSPS) is 19.1. The fourth-order valence-electron chi connectivity index (χ4n) is 10.4. The summed E-state index contributed by atoms with van der Waals surface area (Å²) >= 11 is 0. The van der Waals surface area contributed by atoms with Crippen LogP contribution in [0.3, 0.4) is 0 Å². The van der Waals surface area contributed by atoms with E-state index < -0.39 is 49.5 Å². The Bertz CT molecular complexity index is 1260. The number of hydrogen-bond acceptors (Lipinski definition) is 8. The average Bonchev–Trinajstić information content (AvgIpc) is 3.40. The maximum absolute atomic E-state index is 13.0. The van der Waals surface area contributed by atoms with Crippen LogP contribution in [0.2, 0.25) is 0 Å². The lowest BCUT2D eigenvalue weighted by molar-refractivity contribution is -0.302. The Morgan fingerprint density at radius 2 is 0.784 bits per heavy atom. The molecule has 0 spiro atoms. The van der Waals surface area contributed by atoms with Crippen LogP contribution < -0.4 is 5.32 Å². The van der Waals surface area contributed by atoms with E-state index in [1.807, 2.05) is 6.08 Å². The van der Waals surface area contributed by atoms with Crippen molar-refractivity contribution < 1.29 is 39.8 Å². The minimum absolute atomic E-state index is 0.188. The third kappa shape index (κ3) is 43.4. The molecule has 74 heavy (non-hydrogen) atoms. The van der Waals surface area contributed by atoms with Crippen molar-refractivity contribution in [3.63, 3.8) is 0 Å². The summed E-state index contributed by atoms with van der Waals surface area (Å²) in [5, 5.41) is 54.2. The van der Waals surface area contributed by atoms with Crippen LogP contribution in [-0.2, 0) is 14.3 Å². The first kappa shape index (κ1) is 70.4. The van der Waals surface area contributed by atoms with Gasteiger partial charge in [0.25, 0.3) is 0 Å². The number of hydrogen-bond donors (Lipinski definition) is 6. The molecule has 1 heterocycles. The Balaban J connectivity index is 1.96. The third-order valence-corrected chi connectivity index (χ3v) is 15.5. The number of aliphatic hydroxyl groups is 5. The van der Waals surface area contributed by atoms with E-state index in [-0.39, 0.29) is 12.5 Å². The number of rotatable bonds is 56. The highest BCUT2D eigenvalue weighted by Gasteiger charge is 2.44. The van der Waals surface area contributed by atoms with Crippen molar-refractivity contribution in [1.82, 2.24) is 5.32 Å². The van der Waals surface area contributed by atoms with Gasteiger partial charge in [0.2, 0.25) is 5.91 Å². The van der Waals surface area contributed by atoms with Crippen LogP contribution in [0, 0.1) is 0 Å². The molecule has 1 fully saturated rings. The summed E-state index contributed by atoms with van der Waals surface area (Å²) in [6.07, 6.45) is 65.9. The molecule has 7 unspecified atom stereocenters. The second kappa shape index (κ2) is 54.8. The highest BCUT2D eigenvalue weighted by atomic mass is 16.7. The fourth-order valence-corrected chi connectivity index (χ4v) is 10.4. The van der Waals surface area contributed by atoms with Crippen LogP contribution in [-0.4, -0.2) is 87.5 Å². The minimum Gasteiger partial charge on any atom is -0.394 e. The first-order valence-corrected chi connectivity index (χ1v) is 32.2. The van der Waals surface area contributed by atoms with Gasteiger partial charge >= 0.3 is 0 Å². The Morgan fingerprint density at radius 1 is 0.459 bits per heavy atom. The Hall–Kier alpha value is -1.59.